The van der Waals surface area contributed by atoms with Gasteiger partial charge in [0.05, 0.1) is 19.1 Å². The van der Waals surface area contributed by atoms with E-state index in [9.17, 15) is 4.79 Å². The molecule has 2 unspecified atom stereocenters. The molecule has 5 nitrogen and oxygen atoms in total. The van der Waals surface area contributed by atoms with Gasteiger partial charge in [0.25, 0.3) is 0 Å². The number of carboxylic acid groups (broad SMARTS) is 1. The van der Waals surface area contributed by atoms with Crippen molar-refractivity contribution in [2.45, 2.75) is 44.8 Å². The highest BCUT2D eigenvalue weighted by molar-refractivity contribution is 5.67. The van der Waals surface area contributed by atoms with Crippen LogP contribution in [0.5, 0.6) is 0 Å². The van der Waals surface area contributed by atoms with Crippen LogP contribution in [0.3, 0.4) is 0 Å². The lowest BCUT2D eigenvalue weighted by molar-refractivity contribution is -0.139. The third-order valence-electron chi connectivity index (χ3n) is 4.27. The molecular formula is C14H26N2O3. The number of likely N-dealkylation sites (tertiary alicyclic amines) is 1. The molecule has 110 valence electrons. The van der Waals surface area contributed by atoms with Crippen molar-refractivity contribution in [3.8, 4) is 0 Å². The minimum absolute atomic E-state index is 0.201. The van der Waals surface area contributed by atoms with Crippen molar-refractivity contribution in [1.82, 2.24) is 9.80 Å². The van der Waals surface area contributed by atoms with Crippen LogP contribution in [0.15, 0.2) is 0 Å². The quantitative estimate of drug-likeness (QED) is 0.809. The number of carbonyl (C=O) groups is 1. The summed E-state index contributed by atoms with van der Waals surface area (Å²) in [5, 5.41) is 9.00. The summed E-state index contributed by atoms with van der Waals surface area (Å²) in [6.07, 6.45) is 3.85. The number of hydrogen-bond donors (Lipinski definition) is 1. The number of likely N-dealkylation sites (N-methyl/N-ethyl adjacent to an activating group) is 1. The minimum Gasteiger partial charge on any atom is -0.481 e. The number of aliphatic carboxylic acids is 1. The first-order valence-corrected chi connectivity index (χ1v) is 7.49. The molecular weight excluding hydrogens is 244 g/mol. The Labute approximate surface area is 115 Å². The van der Waals surface area contributed by atoms with Gasteiger partial charge in [0.1, 0.15) is 0 Å². The van der Waals surface area contributed by atoms with Crippen LogP contribution in [-0.2, 0) is 9.53 Å². The minimum atomic E-state index is -0.684. The molecule has 0 saturated carbocycles. The number of nitrogens with zero attached hydrogens (tertiary/aromatic N) is 2. The van der Waals surface area contributed by atoms with Crippen LogP contribution in [0, 0.1) is 0 Å². The number of rotatable bonds is 5. The van der Waals surface area contributed by atoms with Crippen molar-refractivity contribution in [2.75, 3.05) is 39.3 Å². The van der Waals surface area contributed by atoms with Crippen LogP contribution in [0.1, 0.15) is 32.6 Å². The predicted molar refractivity (Wildman–Crippen MR) is 73.3 cm³/mol. The maximum atomic E-state index is 10.9. The topological polar surface area (TPSA) is 53.0 Å². The Bertz CT molecular complexity index is 298. The molecule has 1 N–H and O–H groups in total. The van der Waals surface area contributed by atoms with Gasteiger partial charge < -0.3 is 9.84 Å². The van der Waals surface area contributed by atoms with Gasteiger partial charge in [-0.15, -0.1) is 0 Å². The Kier molecular flexibility index (Phi) is 5.60. The highest BCUT2D eigenvalue weighted by Crippen LogP contribution is 2.21. The van der Waals surface area contributed by atoms with Crippen molar-refractivity contribution in [2.24, 2.45) is 0 Å². The van der Waals surface area contributed by atoms with Crippen molar-refractivity contribution in [3.63, 3.8) is 0 Å². The Morgan fingerprint density at radius 2 is 2.21 bits per heavy atom. The van der Waals surface area contributed by atoms with Gasteiger partial charge in [-0.05, 0) is 25.9 Å². The van der Waals surface area contributed by atoms with Crippen LogP contribution in [0.25, 0.3) is 0 Å². The molecule has 0 aromatic rings. The summed E-state index contributed by atoms with van der Waals surface area (Å²) < 4.78 is 5.84. The molecule has 0 spiro atoms. The van der Waals surface area contributed by atoms with Crippen molar-refractivity contribution in [3.05, 3.63) is 0 Å². The maximum Gasteiger partial charge on any atom is 0.304 e. The van der Waals surface area contributed by atoms with E-state index in [1.165, 1.54) is 6.42 Å². The first-order valence-electron chi connectivity index (χ1n) is 7.49. The number of morpholine rings is 1. The van der Waals surface area contributed by atoms with E-state index in [0.29, 0.717) is 0 Å². The lowest BCUT2D eigenvalue weighted by Crippen LogP contribution is -2.51. The fourth-order valence-corrected chi connectivity index (χ4v) is 3.17. The number of piperidine rings is 1. The van der Waals surface area contributed by atoms with E-state index >= 15 is 0 Å². The predicted octanol–water partition coefficient (Wildman–Crippen LogP) is 1.04. The van der Waals surface area contributed by atoms with Gasteiger partial charge in [0.2, 0.25) is 0 Å². The van der Waals surface area contributed by atoms with E-state index in [-0.39, 0.29) is 18.6 Å². The molecule has 0 bridgehead atoms. The standard InChI is InChI=1S/C14H26N2O3/c1-2-15-7-8-19-13(10-15)11-16-6-4-3-5-12(16)9-14(17)18/h12-13H,2-11H2,1H3,(H,17,18). The fraction of sp³-hybridized carbons (Fsp3) is 0.929. The monoisotopic (exact) mass is 270 g/mol. The molecule has 2 rings (SSSR count). The summed E-state index contributed by atoms with van der Waals surface area (Å²) >= 11 is 0. The number of hydrogen-bond acceptors (Lipinski definition) is 4. The second-order valence-electron chi connectivity index (χ2n) is 5.63. The molecule has 0 aliphatic carbocycles. The smallest absolute Gasteiger partial charge is 0.304 e. The SMILES string of the molecule is CCN1CCOC(CN2CCCCC2CC(=O)O)C1. The van der Waals surface area contributed by atoms with Crippen LogP contribution in [-0.4, -0.2) is 72.4 Å². The highest BCUT2D eigenvalue weighted by Gasteiger charge is 2.28. The van der Waals surface area contributed by atoms with E-state index in [2.05, 4.69) is 16.7 Å². The Balaban J connectivity index is 1.86. The molecule has 2 aliphatic rings. The molecule has 0 radical (unpaired) electrons. The molecule has 2 saturated heterocycles. The summed E-state index contributed by atoms with van der Waals surface area (Å²) in [7, 11) is 0. The molecule has 19 heavy (non-hydrogen) atoms. The van der Waals surface area contributed by atoms with Gasteiger partial charge in [-0.25, -0.2) is 0 Å². The zero-order chi connectivity index (χ0) is 13.7. The average molecular weight is 270 g/mol. The first kappa shape index (κ1) is 14.8. The van der Waals surface area contributed by atoms with Crippen LogP contribution >= 0.6 is 0 Å². The van der Waals surface area contributed by atoms with Gasteiger partial charge in [0.15, 0.2) is 0 Å². The lowest BCUT2D eigenvalue weighted by atomic mass is 9.99. The number of ether oxygens (including phenoxy) is 1. The van der Waals surface area contributed by atoms with Gasteiger partial charge in [-0.1, -0.05) is 13.3 Å². The molecule has 0 aromatic heterocycles. The van der Waals surface area contributed by atoms with E-state index in [4.69, 9.17) is 9.84 Å². The van der Waals surface area contributed by atoms with Gasteiger partial charge in [-0.3, -0.25) is 14.6 Å². The van der Waals surface area contributed by atoms with E-state index in [0.717, 1.165) is 52.2 Å². The average Bonchev–Trinajstić information content (AvgIpc) is 2.41. The Morgan fingerprint density at radius 3 is 2.95 bits per heavy atom. The van der Waals surface area contributed by atoms with Crippen molar-refractivity contribution >= 4 is 5.97 Å². The second kappa shape index (κ2) is 7.22. The summed E-state index contributed by atoms with van der Waals surface area (Å²) in [4.78, 5) is 15.7. The van der Waals surface area contributed by atoms with E-state index in [1.807, 2.05) is 0 Å². The third kappa shape index (κ3) is 4.44. The molecule has 0 aromatic carbocycles. The van der Waals surface area contributed by atoms with Crippen LogP contribution in [0.4, 0.5) is 0 Å². The van der Waals surface area contributed by atoms with Gasteiger partial charge in [-0.2, -0.15) is 0 Å². The van der Waals surface area contributed by atoms with Gasteiger partial charge in [0, 0.05) is 25.7 Å². The molecule has 2 heterocycles. The van der Waals surface area contributed by atoms with Crippen LogP contribution in [0.2, 0.25) is 0 Å². The maximum absolute atomic E-state index is 10.9. The summed E-state index contributed by atoms with van der Waals surface area (Å²) in [5.74, 6) is -0.684. The Hall–Kier alpha value is -0.650. The van der Waals surface area contributed by atoms with Crippen molar-refractivity contribution < 1.29 is 14.6 Å². The normalized spacial score (nSPS) is 30.4. The van der Waals surface area contributed by atoms with E-state index < -0.39 is 5.97 Å². The molecule has 2 atom stereocenters. The Morgan fingerprint density at radius 1 is 1.37 bits per heavy atom. The molecule has 5 heteroatoms. The highest BCUT2D eigenvalue weighted by atomic mass is 16.5. The zero-order valence-corrected chi connectivity index (χ0v) is 11.9. The second-order valence-corrected chi connectivity index (χ2v) is 5.63. The molecule has 0 amide bonds. The molecule has 2 fully saturated rings. The van der Waals surface area contributed by atoms with Crippen LogP contribution < -0.4 is 0 Å². The zero-order valence-electron chi connectivity index (χ0n) is 11.9. The van der Waals surface area contributed by atoms with Gasteiger partial charge >= 0.3 is 5.97 Å². The number of carboxylic acids is 1. The lowest BCUT2D eigenvalue weighted by Gasteiger charge is -2.40. The summed E-state index contributed by atoms with van der Waals surface area (Å²) in [6.45, 7) is 7.95. The van der Waals surface area contributed by atoms with Crippen molar-refractivity contribution in [1.29, 1.82) is 0 Å². The summed E-state index contributed by atoms with van der Waals surface area (Å²) in [6, 6.07) is 0.201. The molecule has 2 aliphatic heterocycles. The van der Waals surface area contributed by atoms with E-state index in [1.54, 1.807) is 0 Å². The fourth-order valence-electron chi connectivity index (χ4n) is 3.17. The first-order chi connectivity index (χ1) is 9.19. The third-order valence-corrected chi connectivity index (χ3v) is 4.27. The largest absolute Gasteiger partial charge is 0.481 e. The summed E-state index contributed by atoms with van der Waals surface area (Å²) in [5.41, 5.74) is 0.